The van der Waals surface area contributed by atoms with Gasteiger partial charge in [-0.15, -0.1) is 10.2 Å². The Hall–Kier alpha value is -2.07. The summed E-state index contributed by atoms with van der Waals surface area (Å²) in [6, 6.07) is 5.70. The summed E-state index contributed by atoms with van der Waals surface area (Å²) in [5, 5.41) is 9.56. The molecule has 124 valence electrons. The molecule has 0 fully saturated rings. The minimum absolute atomic E-state index is 0.0333. The molecule has 1 heterocycles. The minimum Gasteiger partial charge on any atom is -0.478 e. The largest absolute Gasteiger partial charge is 0.478 e. The van der Waals surface area contributed by atoms with Crippen LogP contribution in [0.15, 0.2) is 28.6 Å². The molecule has 1 atom stereocenters. The van der Waals surface area contributed by atoms with Gasteiger partial charge < -0.3 is 4.74 Å². The van der Waals surface area contributed by atoms with E-state index < -0.39 is 27.7 Å². The van der Waals surface area contributed by atoms with Crippen molar-refractivity contribution in [1.29, 1.82) is 0 Å². The first-order valence-corrected chi connectivity index (χ1v) is 9.08. The lowest BCUT2D eigenvalue weighted by Gasteiger charge is -2.13. The average molecular weight is 359 g/mol. The zero-order valence-electron chi connectivity index (χ0n) is 12.3. The molecule has 0 saturated carbocycles. The van der Waals surface area contributed by atoms with Gasteiger partial charge in [-0.05, 0) is 19.1 Å². The molecule has 10 heteroatoms. The maximum absolute atomic E-state index is 13.5. The van der Waals surface area contributed by atoms with Crippen molar-refractivity contribution in [2.24, 2.45) is 0 Å². The topological polar surface area (TPSA) is 98.3 Å². The number of rotatable bonds is 6. The van der Waals surface area contributed by atoms with E-state index in [4.69, 9.17) is 4.74 Å². The molecule has 1 aromatic heterocycles. The molecule has 0 saturated heterocycles. The molecule has 1 amide bonds. The Bertz CT molecular complexity index is 807. The minimum atomic E-state index is -3.47. The summed E-state index contributed by atoms with van der Waals surface area (Å²) >= 11 is 0.748. The van der Waals surface area contributed by atoms with Gasteiger partial charge in [0, 0.05) is 0 Å². The van der Waals surface area contributed by atoms with E-state index in [0.29, 0.717) is 0 Å². The van der Waals surface area contributed by atoms with E-state index in [9.17, 15) is 17.6 Å². The first kappa shape index (κ1) is 17.3. The van der Waals surface area contributed by atoms with Gasteiger partial charge in [-0.2, -0.15) is 0 Å². The Morgan fingerprint density at radius 2 is 2.09 bits per heavy atom. The van der Waals surface area contributed by atoms with E-state index in [1.807, 2.05) is 0 Å². The molecule has 1 aromatic carbocycles. The van der Waals surface area contributed by atoms with Crippen LogP contribution in [-0.2, 0) is 14.6 Å². The highest BCUT2D eigenvalue weighted by atomic mass is 32.2. The number of ether oxygens (including phenoxy) is 1. The van der Waals surface area contributed by atoms with Crippen molar-refractivity contribution in [1.82, 2.24) is 10.2 Å². The molecular formula is C13H14FN3O4S2. The molecule has 0 aliphatic carbocycles. The fourth-order valence-electron chi connectivity index (χ4n) is 1.50. The molecule has 1 unspecified atom stereocenters. The third-order valence-electron chi connectivity index (χ3n) is 2.79. The monoisotopic (exact) mass is 359 g/mol. The van der Waals surface area contributed by atoms with Crippen LogP contribution < -0.4 is 10.1 Å². The van der Waals surface area contributed by atoms with Crippen LogP contribution in [0.1, 0.15) is 13.8 Å². The second-order valence-electron chi connectivity index (χ2n) is 4.46. The van der Waals surface area contributed by atoms with Gasteiger partial charge in [0.05, 0.1) is 5.75 Å². The van der Waals surface area contributed by atoms with Gasteiger partial charge in [0.2, 0.25) is 19.3 Å². The summed E-state index contributed by atoms with van der Waals surface area (Å²) in [7, 11) is -3.47. The molecule has 7 nitrogen and oxygen atoms in total. The molecule has 2 aromatic rings. The molecule has 1 N–H and O–H groups in total. The summed E-state index contributed by atoms with van der Waals surface area (Å²) < 4.78 is 41.8. The lowest BCUT2D eigenvalue weighted by atomic mass is 10.3. The Kier molecular flexibility index (Phi) is 5.26. The maximum Gasteiger partial charge on any atom is 0.266 e. The second kappa shape index (κ2) is 7.01. The fraction of sp³-hybridized carbons (Fsp3) is 0.308. The van der Waals surface area contributed by atoms with Crippen molar-refractivity contribution in [3.8, 4) is 5.75 Å². The third kappa shape index (κ3) is 4.23. The lowest BCUT2D eigenvalue weighted by molar-refractivity contribution is -0.122. The van der Waals surface area contributed by atoms with Crippen LogP contribution in [0.25, 0.3) is 0 Å². The molecule has 0 spiro atoms. The molecule has 0 aliphatic heterocycles. The van der Waals surface area contributed by atoms with Gasteiger partial charge in [-0.25, -0.2) is 12.8 Å². The predicted octanol–water partition coefficient (Wildman–Crippen LogP) is 1.88. The number of carbonyl (C=O) groups excluding carboxylic acids is 1. The second-order valence-corrected chi connectivity index (χ2v) is 7.89. The van der Waals surface area contributed by atoms with E-state index in [0.717, 1.165) is 11.3 Å². The normalized spacial score (nSPS) is 12.7. The number of hydrogen-bond acceptors (Lipinski definition) is 7. The average Bonchev–Trinajstić information content (AvgIpc) is 2.98. The lowest BCUT2D eigenvalue weighted by Crippen LogP contribution is -2.30. The van der Waals surface area contributed by atoms with Crippen LogP contribution in [0, 0.1) is 5.82 Å². The van der Waals surface area contributed by atoms with Crippen LogP contribution in [-0.4, -0.2) is 36.4 Å². The van der Waals surface area contributed by atoms with Crippen LogP contribution in [0.4, 0.5) is 9.52 Å². The summed E-state index contributed by atoms with van der Waals surface area (Å²) in [4.78, 5) is 12.0. The molecular weight excluding hydrogens is 345 g/mol. The number of benzene rings is 1. The third-order valence-corrected chi connectivity index (χ3v) is 5.81. The summed E-state index contributed by atoms with van der Waals surface area (Å²) in [5.74, 6) is -1.34. The number of nitrogens with one attached hydrogen (secondary N) is 1. The zero-order valence-corrected chi connectivity index (χ0v) is 13.9. The highest BCUT2D eigenvalue weighted by Crippen LogP contribution is 2.22. The van der Waals surface area contributed by atoms with E-state index in [-0.39, 0.29) is 21.0 Å². The highest BCUT2D eigenvalue weighted by molar-refractivity contribution is 7.93. The molecule has 0 bridgehead atoms. The van der Waals surface area contributed by atoms with Crippen LogP contribution in [0.5, 0.6) is 5.75 Å². The van der Waals surface area contributed by atoms with Crippen LogP contribution in [0.2, 0.25) is 0 Å². The van der Waals surface area contributed by atoms with Crippen molar-refractivity contribution in [2.45, 2.75) is 24.3 Å². The number of carbonyl (C=O) groups is 1. The first-order valence-electron chi connectivity index (χ1n) is 6.62. The number of hydrogen-bond donors (Lipinski definition) is 1. The number of aromatic nitrogens is 2. The van der Waals surface area contributed by atoms with Crippen LogP contribution in [0.3, 0.4) is 0 Å². The predicted molar refractivity (Wildman–Crippen MR) is 82.8 cm³/mol. The van der Waals surface area contributed by atoms with Gasteiger partial charge in [-0.1, -0.05) is 30.4 Å². The number of amides is 1. The Balaban J connectivity index is 2.03. The Morgan fingerprint density at radius 1 is 1.39 bits per heavy atom. The van der Waals surface area contributed by atoms with Crippen molar-refractivity contribution >= 4 is 32.2 Å². The number of nitrogens with zero attached hydrogens (tertiary/aromatic N) is 2. The zero-order chi connectivity index (χ0) is 17.0. The maximum atomic E-state index is 13.5. The van der Waals surface area contributed by atoms with Crippen molar-refractivity contribution < 1.29 is 22.3 Å². The van der Waals surface area contributed by atoms with E-state index in [2.05, 4.69) is 15.5 Å². The van der Waals surface area contributed by atoms with Gasteiger partial charge in [0.25, 0.3) is 5.91 Å². The Labute approximate surface area is 136 Å². The van der Waals surface area contributed by atoms with E-state index in [1.165, 1.54) is 32.0 Å². The summed E-state index contributed by atoms with van der Waals surface area (Å²) in [5.41, 5.74) is 0. The van der Waals surface area contributed by atoms with Crippen molar-refractivity contribution in [3.63, 3.8) is 0 Å². The van der Waals surface area contributed by atoms with Gasteiger partial charge >= 0.3 is 0 Å². The van der Waals surface area contributed by atoms with Gasteiger partial charge in [0.1, 0.15) is 0 Å². The summed E-state index contributed by atoms with van der Waals surface area (Å²) in [6.07, 6.45) is -0.998. The van der Waals surface area contributed by atoms with Gasteiger partial charge in [-0.3, -0.25) is 10.1 Å². The number of halogens is 1. The number of sulfone groups is 1. The first-order chi connectivity index (χ1) is 10.8. The standard InChI is InChI=1S/C13H14FN3O4S2/c1-3-23(19,20)13-17-16-12(22-13)15-11(18)8(2)21-10-7-5-4-6-9(10)14/h4-8H,3H2,1-2H3,(H,15,16,18). The molecule has 0 radical (unpaired) electrons. The smallest absolute Gasteiger partial charge is 0.266 e. The molecule has 2 rings (SSSR count). The van der Waals surface area contributed by atoms with Crippen LogP contribution >= 0.6 is 11.3 Å². The molecule has 23 heavy (non-hydrogen) atoms. The SMILES string of the molecule is CCS(=O)(=O)c1nnc(NC(=O)C(C)Oc2ccccc2F)s1. The summed E-state index contributed by atoms with van der Waals surface area (Å²) in [6.45, 7) is 2.92. The molecule has 0 aliphatic rings. The van der Waals surface area contributed by atoms with Crippen molar-refractivity contribution in [2.75, 3.05) is 11.1 Å². The fourth-order valence-corrected chi connectivity index (χ4v) is 3.49. The van der Waals surface area contributed by atoms with Crippen molar-refractivity contribution in [3.05, 3.63) is 30.1 Å². The number of anilines is 1. The Morgan fingerprint density at radius 3 is 2.74 bits per heavy atom. The quantitative estimate of drug-likeness (QED) is 0.791. The van der Waals surface area contributed by atoms with Gasteiger partial charge in [0.15, 0.2) is 17.7 Å². The van der Waals surface area contributed by atoms with E-state index >= 15 is 0 Å². The highest BCUT2D eigenvalue weighted by Gasteiger charge is 2.21. The van der Waals surface area contributed by atoms with E-state index in [1.54, 1.807) is 6.07 Å². The number of para-hydroxylation sites is 1.